The molecule has 0 saturated carbocycles. The van der Waals surface area contributed by atoms with Crippen LogP contribution in [0.25, 0.3) is 0 Å². The van der Waals surface area contributed by atoms with Crippen LogP contribution in [-0.2, 0) is 16.0 Å². The minimum Gasteiger partial charge on any atom is -0.507 e. The molecule has 5 nitrogen and oxygen atoms in total. The van der Waals surface area contributed by atoms with Gasteiger partial charge in [-0.3, -0.25) is 4.79 Å². The number of ether oxygens (including phenoxy) is 1. The van der Waals surface area contributed by atoms with Gasteiger partial charge in [-0.1, -0.05) is 50.2 Å². The minimum atomic E-state index is -0.725. The van der Waals surface area contributed by atoms with Crippen molar-refractivity contribution >= 4 is 11.9 Å². The molecule has 0 heterocycles. The highest BCUT2D eigenvalue weighted by Gasteiger charge is 2.13. The summed E-state index contributed by atoms with van der Waals surface area (Å²) >= 11 is 0. The van der Waals surface area contributed by atoms with Gasteiger partial charge in [0.2, 0.25) is 0 Å². The number of carbonyl (C=O) groups is 2. The standard InChI is InChI=1S/C20H23NO4/c1-14(2)16-9-7-15(8-10-16)11-12-21-19(23)13-25-20(24)17-5-3-4-6-18(17)22/h3-10,14,22H,11-13H2,1-2H3,(H,21,23). The maximum atomic E-state index is 11.8. The van der Waals surface area contributed by atoms with Crippen LogP contribution in [0.5, 0.6) is 5.75 Å². The van der Waals surface area contributed by atoms with Crippen LogP contribution in [0.4, 0.5) is 0 Å². The minimum absolute atomic E-state index is 0.0422. The Kier molecular flexibility index (Phi) is 6.57. The van der Waals surface area contributed by atoms with Crippen LogP contribution >= 0.6 is 0 Å². The number of esters is 1. The molecule has 1 amide bonds. The summed E-state index contributed by atoms with van der Waals surface area (Å²) in [6.07, 6.45) is 0.706. The van der Waals surface area contributed by atoms with Crippen molar-refractivity contribution in [3.8, 4) is 5.75 Å². The molecule has 2 N–H and O–H groups in total. The number of rotatable bonds is 7. The van der Waals surface area contributed by atoms with Gasteiger partial charge in [-0.15, -0.1) is 0 Å². The molecule has 2 rings (SSSR count). The lowest BCUT2D eigenvalue weighted by molar-refractivity contribution is -0.124. The third-order valence-corrected chi connectivity index (χ3v) is 3.84. The summed E-state index contributed by atoms with van der Waals surface area (Å²) in [4.78, 5) is 23.5. The number of benzene rings is 2. The van der Waals surface area contributed by atoms with Gasteiger partial charge in [-0.25, -0.2) is 4.79 Å². The molecule has 132 valence electrons. The number of hydrogen-bond acceptors (Lipinski definition) is 4. The van der Waals surface area contributed by atoms with Gasteiger partial charge in [0.05, 0.1) is 0 Å². The summed E-state index contributed by atoms with van der Waals surface area (Å²) in [6.45, 7) is 4.38. The van der Waals surface area contributed by atoms with Crippen molar-refractivity contribution in [2.24, 2.45) is 0 Å². The van der Waals surface area contributed by atoms with Crippen molar-refractivity contribution in [2.45, 2.75) is 26.2 Å². The summed E-state index contributed by atoms with van der Waals surface area (Å²) in [5, 5.41) is 12.3. The number of carbonyl (C=O) groups excluding carboxylic acids is 2. The van der Waals surface area contributed by atoms with Crippen LogP contribution in [0.15, 0.2) is 48.5 Å². The van der Waals surface area contributed by atoms with E-state index in [0.717, 1.165) is 5.56 Å². The van der Waals surface area contributed by atoms with Crippen LogP contribution in [0, 0.1) is 0 Å². The van der Waals surface area contributed by atoms with Crippen LogP contribution in [0.3, 0.4) is 0 Å². The van der Waals surface area contributed by atoms with Crippen LogP contribution < -0.4 is 5.32 Å². The number of phenols is 1. The van der Waals surface area contributed by atoms with E-state index in [-0.39, 0.29) is 23.8 Å². The summed E-state index contributed by atoms with van der Waals surface area (Å²) in [7, 11) is 0. The second kappa shape index (κ2) is 8.87. The lowest BCUT2D eigenvalue weighted by Gasteiger charge is -2.09. The number of phenolic OH excluding ortho intramolecular Hbond substituents is 1. The average Bonchev–Trinajstić information content (AvgIpc) is 2.60. The molecule has 2 aromatic rings. The topological polar surface area (TPSA) is 75.6 Å². The fraction of sp³-hybridized carbons (Fsp3) is 0.300. The Bertz CT molecular complexity index is 723. The number of amides is 1. The molecule has 0 atom stereocenters. The number of para-hydroxylation sites is 1. The molecule has 0 bridgehead atoms. The molecule has 25 heavy (non-hydrogen) atoms. The number of aromatic hydroxyl groups is 1. The first kappa shape index (κ1) is 18.5. The van der Waals surface area contributed by atoms with Gasteiger partial charge in [0.25, 0.3) is 5.91 Å². The van der Waals surface area contributed by atoms with Gasteiger partial charge in [-0.05, 0) is 35.6 Å². The Morgan fingerprint density at radius 2 is 1.76 bits per heavy atom. The fourth-order valence-corrected chi connectivity index (χ4v) is 2.32. The van der Waals surface area contributed by atoms with E-state index in [1.54, 1.807) is 12.1 Å². The zero-order chi connectivity index (χ0) is 18.2. The molecular weight excluding hydrogens is 318 g/mol. The van der Waals surface area contributed by atoms with Crippen LogP contribution in [0.2, 0.25) is 0 Å². The van der Waals surface area contributed by atoms with E-state index < -0.39 is 5.97 Å². The van der Waals surface area contributed by atoms with E-state index >= 15 is 0 Å². The second-order valence-corrected chi connectivity index (χ2v) is 6.09. The van der Waals surface area contributed by atoms with Gasteiger partial charge < -0.3 is 15.2 Å². The van der Waals surface area contributed by atoms with Gasteiger partial charge in [0, 0.05) is 6.54 Å². The van der Waals surface area contributed by atoms with Crippen molar-refractivity contribution in [1.29, 1.82) is 0 Å². The van der Waals surface area contributed by atoms with Crippen molar-refractivity contribution in [3.05, 3.63) is 65.2 Å². The second-order valence-electron chi connectivity index (χ2n) is 6.09. The fourth-order valence-electron chi connectivity index (χ4n) is 2.32. The first-order valence-electron chi connectivity index (χ1n) is 8.28. The molecule has 0 aliphatic rings. The lowest BCUT2D eigenvalue weighted by Crippen LogP contribution is -2.30. The molecule has 0 aliphatic heterocycles. The lowest BCUT2D eigenvalue weighted by atomic mass is 10.0. The molecular formula is C20H23NO4. The molecule has 2 aromatic carbocycles. The largest absolute Gasteiger partial charge is 0.507 e. The third-order valence-electron chi connectivity index (χ3n) is 3.84. The number of nitrogens with one attached hydrogen (secondary N) is 1. The Hall–Kier alpha value is -2.82. The summed E-state index contributed by atoms with van der Waals surface area (Å²) in [6, 6.07) is 14.3. The highest BCUT2D eigenvalue weighted by atomic mass is 16.5. The molecule has 5 heteroatoms. The third kappa shape index (κ3) is 5.64. The quantitative estimate of drug-likeness (QED) is 0.759. The van der Waals surface area contributed by atoms with Gasteiger partial charge in [-0.2, -0.15) is 0 Å². The summed E-state index contributed by atoms with van der Waals surface area (Å²) < 4.78 is 4.90. The van der Waals surface area contributed by atoms with Gasteiger partial charge in [0.1, 0.15) is 11.3 Å². The van der Waals surface area contributed by atoms with E-state index in [4.69, 9.17) is 4.74 Å². The predicted octanol–water partition coefficient (Wildman–Crippen LogP) is 3.03. The Morgan fingerprint density at radius 1 is 1.08 bits per heavy atom. The zero-order valence-corrected chi connectivity index (χ0v) is 14.5. The Labute approximate surface area is 147 Å². The summed E-state index contributed by atoms with van der Waals surface area (Å²) in [5.41, 5.74) is 2.46. The maximum absolute atomic E-state index is 11.8. The first-order valence-corrected chi connectivity index (χ1v) is 8.28. The molecule has 0 radical (unpaired) electrons. The van der Waals surface area contributed by atoms with Crippen LogP contribution in [0.1, 0.15) is 41.3 Å². The van der Waals surface area contributed by atoms with Gasteiger partial charge in [0.15, 0.2) is 6.61 Å². The molecule has 0 spiro atoms. The van der Waals surface area contributed by atoms with Crippen molar-refractivity contribution in [1.82, 2.24) is 5.32 Å². The van der Waals surface area contributed by atoms with Crippen molar-refractivity contribution in [3.63, 3.8) is 0 Å². The SMILES string of the molecule is CC(C)c1ccc(CCNC(=O)COC(=O)c2ccccc2O)cc1. The van der Waals surface area contributed by atoms with Crippen molar-refractivity contribution in [2.75, 3.05) is 13.2 Å². The van der Waals surface area contributed by atoms with E-state index in [1.165, 1.54) is 17.7 Å². The predicted molar refractivity (Wildman–Crippen MR) is 95.6 cm³/mol. The molecule has 0 aromatic heterocycles. The number of hydrogen-bond donors (Lipinski definition) is 2. The zero-order valence-electron chi connectivity index (χ0n) is 14.5. The first-order chi connectivity index (χ1) is 12.0. The average molecular weight is 341 g/mol. The maximum Gasteiger partial charge on any atom is 0.342 e. The van der Waals surface area contributed by atoms with E-state index in [2.05, 4.69) is 43.4 Å². The normalized spacial score (nSPS) is 10.5. The monoisotopic (exact) mass is 341 g/mol. The molecule has 0 saturated heterocycles. The molecule has 0 unspecified atom stereocenters. The van der Waals surface area contributed by atoms with Crippen LogP contribution in [-0.4, -0.2) is 30.1 Å². The van der Waals surface area contributed by atoms with E-state index in [9.17, 15) is 14.7 Å². The Morgan fingerprint density at radius 3 is 2.40 bits per heavy atom. The highest BCUT2D eigenvalue weighted by molar-refractivity contribution is 5.93. The highest BCUT2D eigenvalue weighted by Crippen LogP contribution is 2.16. The van der Waals surface area contributed by atoms with Gasteiger partial charge >= 0.3 is 5.97 Å². The van der Waals surface area contributed by atoms with E-state index in [0.29, 0.717) is 18.9 Å². The summed E-state index contributed by atoms with van der Waals surface area (Å²) in [5.74, 6) is -0.773. The smallest absolute Gasteiger partial charge is 0.342 e. The Balaban J connectivity index is 1.72. The molecule has 0 fully saturated rings. The molecule has 0 aliphatic carbocycles. The van der Waals surface area contributed by atoms with Crippen molar-refractivity contribution < 1.29 is 19.4 Å². The van der Waals surface area contributed by atoms with E-state index in [1.807, 2.05) is 0 Å².